The molecule has 1 rings (SSSR count). The Labute approximate surface area is 82.8 Å². The van der Waals surface area contributed by atoms with Crippen LogP contribution >= 0.6 is 0 Å². The number of benzene rings is 1. The SMILES string of the molecule is CCOC(=O)c1c(C)ccc(N)c1N. The quantitative estimate of drug-likeness (QED) is 0.550. The fraction of sp³-hybridized carbons (Fsp3) is 0.300. The summed E-state index contributed by atoms with van der Waals surface area (Å²) in [6, 6.07) is 3.42. The zero-order valence-corrected chi connectivity index (χ0v) is 8.33. The summed E-state index contributed by atoms with van der Waals surface area (Å²) >= 11 is 0. The topological polar surface area (TPSA) is 78.3 Å². The predicted octanol–water partition coefficient (Wildman–Crippen LogP) is 1.34. The van der Waals surface area contributed by atoms with Gasteiger partial charge in [-0.15, -0.1) is 0 Å². The van der Waals surface area contributed by atoms with E-state index >= 15 is 0 Å². The molecule has 0 bridgehead atoms. The van der Waals surface area contributed by atoms with Gasteiger partial charge in [-0.05, 0) is 25.5 Å². The number of hydrogen-bond acceptors (Lipinski definition) is 4. The van der Waals surface area contributed by atoms with Gasteiger partial charge in [-0.1, -0.05) is 6.07 Å². The Bertz CT molecular complexity index is 361. The third-order valence-electron chi connectivity index (χ3n) is 1.97. The van der Waals surface area contributed by atoms with E-state index in [1.165, 1.54) is 0 Å². The van der Waals surface area contributed by atoms with Crippen molar-refractivity contribution in [2.45, 2.75) is 13.8 Å². The summed E-state index contributed by atoms with van der Waals surface area (Å²) in [5.74, 6) is -0.421. The molecular formula is C10H14N2O2. The van der Waals surface area contributed by atoms with Crippen molar-refractivity contribution in [2.75, 3.05) is 18.1 Å². The summed E-state index contributed by atoms with van der Waals surface area (Å²) in [5, 5.41) is 0. The van der Waals surface area contributed by atoms with Crippen LogP contribution in [0.2, 0.25) is 0 Å². The minimum Gasteiger partial charge on any atom is -0.462 e. The maximum Gasteiger partial charge on any atom is 0.340 e. The van der Waals surface area contributed by atoms with Gasteiger partial charge in [0.15, 0.2) is 0 Å². The average Bonchev–Trinajstić information content (AvgIpc) is 2.13. The third kappa shape index (κ3) is 1.79. The molecule has 0 heterocycles. The summed E-state index contributed by atoms with van der Waals surface area (Å²) in [4.78, 5) is 11.5. The Morgan fingerprint density at radius 1 is 1.43 bits per heavy atom. The highest BCUT2D eigenvalue weighted by molar-refractivity contribution is 5.99. The number of nitrogen functional groups attached to an aromatic ring is 2. The second-order valence-corrected chi connectivity index (χ2v) is 2.98. The van der Waals surface area contributed by atoms with E-state index < -0.39 is 5.97 Å². The molecule has 0 fully saturated rings. The highest BCUT2D eigenvalue weighted by atomic mass is 16.5. The third-order valence-corrected chi connectivity index (χ3v) is 1.97. The van der Waals surface area contributed by atoms with Gasteiger partial charge in [0.05, 0.1) is 23.5 Å². The lowest BCUT2D eigenvalue weighted by atomic mass is 10.1. The van der Waals surface area contributed by atoms with Crippen molar-refractivity contribution in [3.63, 3.8) is 0 Å². The summed E-state index contributed by atoms with van der Waals surface area (Å²) in [6.07, 6.45) is 0. The summed E-state index contributed by atoms with van der Waals surface area (Å²) in [7, 11) is 0. The van der Waals surface area contributed by atoms with E-state index in [2.05, 4.69) is 0 Å². The molecule has 4 N–H and O–H groups in total. The summed E-state index contributed by atoms with van der Waals surface area (Å²) in [6.45, 7) is 3.87. The van der Waals surface area contributed by atoms with Crippen LogP contribution in [0.3, 0.4) is 0 Å². The molecule has 0 saturated heterocycles. The molecule has 76 valence electrons. The molecule has 0 radical (unpaired) electrons. The molecule has 0 saturated carbocycles. The maximum absolute atomic E-state index is 11.5. The lowest BCUT2D eigenvalue weighted by Gasteiger charge is -2.10. The van der Waals surface area contributed by atoms with Crippen molar-refractivity contribution in [3.05, 3.63) is 23.3 Å². The first-order valence-electron chi connectivity index (χ1n) is 4.39. The molecule has 4 heteroatoms. The van der Waals surface area contributed by atoms with Gasteiger partial charge >= 0.3 is 5.97 Å². The van der Waals surface area contributed by atoms with Crippen molar-refractivity contribution in [3.8, 4) is 0 Å². The number of nitrogens with two attached hydrogens (primary N) is 2. The van der Waals surface area contributed by atoms with Crippen molar-refractivity contribution in [1.82, 2.24) is 0 Å². The highest BCUT2D eigenvalue weighted by Crippen LogP contribution is 2.23. The fourth-order valence-electron chi connectivity index (χ4n) is 1.22. The van der Waals surface area contributed by atoms with Crippen LogP contribution in [0.25, 0.3) is 0 Å². The van der Waals surface area contributed by atoms with Crippen molar-refractivity contribution < 1.29 is 9.53 Å². The van der Waals surface area contributed by atoms with Gasteiger partial charge in [0.25, 0.3) is 0 Å². The van der Waals surface area contributed by atoms with Crippen LogP contribution < -0.4 is 11.5 Å². The Morgan fingerprint density at radius 2 is 2.07 bits per heavy atom. The van der Waals surface area contributed by atoms with Crippen molar-refractivity contribution in [2.24, 2.45) is 0 Å². The van der Waals surface area contributed by atoms with E-state index in [-0.39, 0.29) is 0 Å². The largest absolute Gasteiger partial charge is 0.462 e. The molecular weight excluding hydrogens is 180 g/mol. The van der Waals surface area contributed by atoms with Crippen molar-refractivity contribution >= 4 is 17.3 Å². The number of carbonyl (C=O) groups excluding carboxylic acids is 1. The van der Waals surface area contributed by atoms with Crippen LogP contribution in [-0.2, 0) is 4.74 Å². The number of carbonyl (C=O) groups is 1. The van der Waals surface area contributed by atoms with Gasteiger partial charge in [0.2, 0.25) is 0 Å². The van der Waals surface area contributed by atoms with E-state index in [1.807, 2.05) is 0 Å². The van der Waals surface area contributed by atoms with Crippen LogP contribution in [0.4, 0.5) is 11.4 Å². The smallest absolute Gasteiger partial charge is 0.340 e. The second-order valence-electron chi connectivity index (χ2n) is 2.98. The lowest BCUT2D eigenvalue weighted by Crippen LogP contribution is -2.11. The Balaban J connectivity index is 3.18. The molecule has 0 aliphatic rings. The molecule has 4 nitrogen and oxygen atoms in total. The molecule has 14 heavy (non-hydrogen) atoms. The van der Waals surface area contributed by atoms with E-state index in [1.54, 1.807) is 26.0 Å². The number of rotatable bonds is 2. The van der Waals surface area contributed by atoms with Crippen LogP contribution in [0.15, 0.2) is 12.1 Å². The lowest BCUT2D eigenvalue weighted by molar-refractivity contribution is 0.0527. The minimum absolute atomic E-state index is 0.295. The van der Waals surface area contributed by atoms with Crippen LogP contribution in [0.5, 0.6) is 0 Å². The van der Waals surface area contributed by atoms with E-state index in [4.69, 9.17) is 16.2 Å². The maximum atomic E-state index is 11.5. The number of hydrogen-bond donors (Lipinski definition) is 2. The van der Waals surface area contributed by atoms with Crippen LogP contribution in [0, 0.1) is 6.92 Å². The first kappa shape index (κ1) is 10.4. The molecule has 1 aromatic carbocycles. The first-order valence-corrected chi connectivity index (χ1v) is 4.39. The summed E-state index contributed by atoms with van der Waals surface area (Å²) < 4.78 is 4.87. The Hall–Kier alpha value is -1.71. The molecule has 1 aromatic rings. The molecule has 0 aliphatic carbocycles. The second kappa shape index (κ2) is 4.00. The Morgan fingerprint density at radius 3 is 2.64 bits per heavy atom. The van der Waals surface area contributed by atoms with Gasteiger partial charge in [-0.2, -0.15) is 0 Å². The zero-order chi connectivity index (χ0) is 10.7. The van der Waals surface area contributed by atoms with Gasteiger partial charge in [0, 0.05) is 0 Å². The minimum atomic E-state index is -0.421. The summed E-state index contributed by atoms with van der Waals surface area (Å²) in [5.41, 5.74) is 13.1. The van der Waals surface area contributed by atoms with E-state index in [0.717, 1.165) is 5.56 Å². The molecule has 0 spiro atoms. The highest BCUT2D eigenvalue weighted by Gasteiger charge is 2.15. The normalized spacial score (nSPS) is 9.86. The average molecular weight is 194 g/mol. The molecule has 0 amide bonds. The van der Waals surface area contributed by atoms with Crippen LogP contribution in [0.1, 0.15) is 22.8 Å². The van der Waals surface area contributed by atoms with Crippen molar-refractivity contribution in [1.29, 1.82) is 0 Å². The molecule has 0 aliphatic heterocycles. The Kier molecular flexibility index (Phi) is 2.96. The van der Waals surface area contributed by atoms with Gasteiger partial charge in [0.1, 0.15) is 0 Å². The molecule has 0 aromatic heterocycles. The number of aryl methyl sites for hydroxylation is 1. The van der Waals surface area contributed by atoms with Gasteiger partial charge in [-0.3, -0.25) is 0 Å². The monoisotopic (exact) mass is 194 g/mol. The van der Waals surface area contributed by atoms with Gasteiger partial charge < -0.3 is 16.2 Å². The van der Waals surface area contributed by atoms with E-state index in [9.17, 15) is 4.79 Å². The first-order chi connectivity index (χ1) is 6.57. The molecule has 0 unspecified atom stereocenters. The van der Waals surface area contributed by atoms with Crippen LogP contribution in [-0.4, -0.2) is 12.6 Å². The standard InChI is InChI=1S/C10H14N2O2/c1-3-14-10(13)8-6(2)4-5-7(11)9(8)12/h4-5H,3,11-12H2,1-2H3. The molecule has 0 atom stereocenters. The fourth-order valence-corrected chi connectivity index (χ4v) is 1.22. The number of ether oxygens (including phenoxy) is 1. The number of esters is 1. The van der Waals surface area contributed by atoms with Gasteiger partial charge in [-0.25, -0.2) is 4.79 Å². The zero-order valence-electron chi connectivity index (χ0n) is 8.33. The number of anilines is 2. The predicted molar refractivity (Wildman–Crippen MR) is 56.0 cm³/mol. The van der Waals surface area contributed by atoms with E-state index in [0.29, 0.717) is 23.5 Å².